The van der Waals surface area contributed by atoms with E-state index in [2.05, 4.69) is 26.1 Å². The van der Waals surface area contributed by atoms with E-state index in [9.17, 15) is 19.5 Å². The summed E-state index contributed by atoms with van der Waals surface area (Å²) in [5.74, 6) is -2.78. The molecular formula is C23H30N2O4S. The fraction of sp³-hybridized carbons (Fsp3) is 0.609. The number of carboxylic acids is 1. The van der Waals surface area contributed by atoms with E-state index in [0.29, 0.717) is 16.5 Å². The number of carboxylic acid groups (broad SMARTS) is 1. The molecule has 4 aliphatic rings. The van der Waals surface area contributed by atoms with Crippen LogP contribution in [0.2, 0.25) is 0 Å². The summed E-state index contributed by atoms with van der Waals surface area (Å²) < 4.78 is 0. The Morgan fingerprint density at radius 1 is 1.10 bits per heavy atom. The van der Waals surface area contributed by atoms with Crippen LogP contribution in [-0.4, -0.2) is 22.9 Å². The van der Waals surface area contributed by atoms with E-state index in [4.69, 9.17) is 5.73 Å². The van der Waals surface area contributed by atoms with Crippen LogP contribution in [0.5, 0.6) is 0 Å². The van der Waals surface area contributed by atoms with Crippen molar-refractivity contribution in [2.45, 2.75) is 52.9 Å². The molecule has 1 fully saturated rings. The summed E-state index contributed by atoms with van der Waals surface area (Å²) in [5, 5.41) is 13.2. The molecule has 0 radical (unpaired) electrons. The van der Waals surface area contributed by atoms with Crippen molar-refractivity contribution in [2.75, 3.05) is 5.32 Å². The number of hydrogen-bond acceptors (Lipinski definition) is 4. The van der Waals surface area contributed by atoms with Crippen LogP contribution in [0.15, 0.2) is 12.2 Å². The summed E-state index contributed by atoms with van der Waals surface area (Å²) in [6, 6.07) is 0. The van der Waals surface area contributed by atoms with Crippen LogP contribution in [0.25, 0.3) is 0 Å². The van der Waals surface area contributed by atoms with Crippen LogP contribution >= 0.6 is 11.3 Å². The van der Waals surface area contributed by atoms with Crippen molar-refractivity contribution < 1.29 is 19.5 Å². The summed E-state index contributed by atoms with van der Waals surface area (Å²) in [5.41, 5.74) is 7.25. The maximum absolute atomic E-state index is 13.2. The molecule has 0 unspecified atom stereocenters. The number of nitrogens with one attached hydrogen (secondary N) is 1. The lowest BCUT2D eigenvalue weighted by atomic mass is 9.62. The van der Waals surface area contributed by atoms with Crippen molar-refractivity contribution >= 4 is 34.1 Å². The van der Waals surface area contributed by atoms with Gasteiger partial charge in [-0.2, -0.15) is 0 Å². The number of fused-ring (bicyclic) bond motifs is 3. The number of rotatable bonds is 4. The third kappa shape index (κ3) is 3.57. The first-order chi connectivity index (χ1) is 14.1. The predicted octanol–water partition coefficient (Wildman–Crippen LogP) is 3.85. The number of hydrogen-bond donors (Lipinski definition) is 3. The lowest BCUT2D eigenvalue weighted by Gasteiger charge is -2.41. The van der Waals surface area contributed by atoms with Gasteiger partial charge in [-0.1, -0.05) is 32.9 Å². The number of allylic oxidation sites excluding steroid dienone is 2. The SMILES string of the molecule is CC(C)(C)[C@@H]1CCc2c(sc(NC(=O)[C@H]3[C@@H](C(=O)O)[C@H]4C=C[C@@H]3CC4)c2C(N)=O)C1. The molecule has 162 valence electrons. The van der Waals surface area contributed by atoms with Crippen molar-refractivity contribution in [3.63, 3.8) is 0 Å². The first-order valence-electron chi connectivity index (χ1n) is 10.7. The van der Waals surface area contributed by atoms with Crippen molar-refractivity contribution in [3.8, 4) is 0 Å². The topological polar surface area (TPSA) is 109 Å². The Labute approximate surface area is 180 Å². The summed E-state index contributed by atoms with van der Waals surface area (Å²) in [6.45, 7) is 6.68. The second-order valence-corrected chi connectivity index (χ2v) is 11.2. The maximum Gasteiger partial charge on any atom is 0.307 e. The highest BCUT2D eigenvalue weighted by atomic mass is 32.1. The minimum Gasteiger partial charge on any atom is -0.481 e. The Kier molecular flexibility index (Phi) is 5.29. The molecule has 1 aromatic heterocycles. The Bertz CT molecular complexity index is 926. The minimum atomic E-state index is -0.928. The highest BCUT2D eigenvalue weighted by molar-refractivity contribution is 7.17. The third-order valence-corrected chi connectivity index (χ3v) is 8.48. The number of carbonyl (C=O) groups excluding carboxylic acids is 2. The molecule has 0 saturated heterocycles. The van der Waals surface area contributed by atoms with E-state index < -0.39 is 23.7 Å². The van der Waals surface area contributed by atoms with E-state index in [-0.39, 0.29) is 23.2 Å². The van der Waals surface area contributed by atoms with Gasteiger partial charge in [0.2, 0.25) is 5.91 Å². The van der Waals surface area contributed by atoms with Gasteiger partial charge in [-0.3, -0.25) is 14.4 Å². The van der Waals surface area contributed by atoms with E-state index in [0.717, 1.165) is 42.5 Å². The normalized spacial score (nSPS) is 30.0. The summed E-state index contributed by atoms with van der Waals surface area (Å²) in [7, 11) is 0. The summed E-state index contributed by atoms with van der Waals surface area (Å²) in [6.07, 6.45) is 8.18. The Balaban J connectivity index is 1.63. The standard InChI is InChI=1S/C23H30N2O4S/c1-23(2,3)13-8-9-14-15(10-13)30-21(18(14)19(24)26)25-20(27)16-11-4-6-12(7-5-11)17(16)22(28)29/h4,6,11-13,16-17H,5,7-10H2,1-3H3,(H2,24,26)(H,25,27)(H,28,29)/t11-,12+,13-,16-,17+/m1/s1. The number of nitrogens with two attached hydrogens (primary N) is 1. The van der Waals surface area contributed by atoms with Crippen molar-refractivity contribution in [1.82, 2.24) is 0 Å². The molecule has 1 heterocycles. The molecule has 0 aliphatic heterocycles. The smallest absolute Gasteiger partial charge is 0.307 e. The molecule has 6 nitrogen and oxygen atoms in total. The van der Waals surface area contributed by atoms with Gasteiger partial charge in [0, 0.05) is 4.88 Å². The molecule has 5 atom stereocenters. The highest BCUT2D eigenvalue weighted by Crippen LogP contribution is 2.47. The second-order valence-electron chi connectivity index (χ2n) is 10.0. The molecule has 5 rings (SSSR count). The fourth-order valence-corrected chi connectivity index (χ4v) is 6.89. The minimum absolute atomic E-state index is 0.0759. The molecule has 4 aliphatic carbocycles. The molecule has 30 heavy (non-hydrogen) atoms. The van der Waals surface area contributed by atoms with Crippen LogP contribution in [0.1, 0.15) is 60.8 Å². The van der Waals surface area contributed by atoms with Gasteiger partial charge in [0.25, 0.3) is 5.91 Å². The largest absolute Gasteiger partial charge is 0.481 e. The number of amides is 2. The first kappa shape index (κ1) is 21.1. The van der Waals surface area contributed by atoms with E-state index >= 15 is 0 Å². The van der Waals surface area contributed by atoms with Crippen LogP contribution in [0.4, 0.5) is 5.00 Å². The van der Waals surface area contributed by atoms with E-state index in [1.165, 1.54) is 11.3 Å². The number of anilines is 1. The van der Waals surface area contributed by atoms with E-state index in [1.54, 1.807) is 0 Å². The lowest BCUT2D eigenvalue weighted by molar-refractivity contribution is -0.151. The maximum atomic E-state index is 13.2. The summed E-state index contributed by atoms with van der Waals surface area (Å²) >= 11 is 1.43. The van der Waals surface area contributed by atoms with Crippen LogP contribution in [0.3, 0.4) is 0 Å². The van der Waals surface area contributed by atoms with Crippen LogP contribution in [-0.2, 0) is 22.4 Å². The van der Waals surface area contributed by atoms with Gasteiger partial charge in [0.05, 0.1) is 17.4 Å². The molecular weight excluding hydrogens is 400 g/mol. The molecule has 7 heteroatoms. The van der Waals surface area contributed by atoms with Crippen LogP contribution in [0, 0.1) is 35.0 Å². The molecule has 2 bridgehead atoms. The van der Waals surface area contributed by atoms with Crippen LogP contribution < -0.4 is 11.1 Å². The van der Waals surface area contributed by atoms with Gasteiger partial charge >= 0.3 is 5.97 Å². The number of aliphatic carboxylic acids is 1. The van der Waals surface area contributed by atoms with Gasteiger partial charge in [-0.25, -0.2) is 0 Å². The highest BCUT2D eigenvalue weighted by Gasteiger charge is 2.48. The average molecular weight is 431 g/mol. The lowest BCUT2D eigenvalue weighted by Crippen LogP contribution is -2.47. The second kappa shape index (κ2) is 7.52. The van der Waals surface area contributed by atoms with Gasteiger partial charge in [-0.15, -0.1) is 11.3 Å². The van der Waals surface area contributed by atoms with E-state index in [1.807, 2.05) is 12.2 Å². The zero-order chi connectivity index (χ0) is 21.8. The fourth-order valence-electron chi connectivity index (χ4n) is 5.56. The monoisotopic (exact) mass is 430 g/mol. The summed E-state index contributed by atoms with van der Waals surface area (Å²) in [4.78, 5) is 38.5. The Hall–Kier alpha value is -2.15. The third-order valence-electron chi connectivity index (χ3n) is 7.31. The zero-order valence-corrected chi connectivity index (χ0v) is 18.6. The number of primary amides is 1. The quantitative estimate of drug-likeness (QED) is 0.630. The molecule has 1 aromatic rings. The number of thiophene rings is 1. The zero-order valence-electron chi connectivity index (χ0n) is 17.7. The Morgan fingerprint density at radius 2 is 1.73 bits per heavy atom. The van der Waals surface area contributed by atoms with Gasteiger partial charge in [0.1, 0.15) is 5.00 Å². The van der Waals surface area contributed by atoms with Gasteiger partial charge < -0.3 is 16.2 Å². The first-order valence-corrected chi connectivity index (χ1v) is 11.6. The molecule has 4 N–H and O–H groups in total. The average Bonchev–Trinajstić information content (AvgIpc) is 3.04. The molecule has 1 saturated carbocycles. The van der Waals surface area contributed by atoms with Gasteiger partial charge in [0.15, 0.2) is 0 Å². The van der Waals surface area contributed by atoms with Crippen molar-refractivity contribution in [1.29, 1.82) is 0 Å². The number of carbonyl (C=O) groups is 3. The molecule has 2 amide bonds. The Morgan fingerprint density at radius 3 is 2.27 bits per heavy atom. The predicted molar refractivity (Wildman–Crippen MR) is 116 cm³/mol. The molecule has 0 spiro atoms. The molecule has 0 aromatic carbocycles. The van der Waals surface area contributed by atoms with Crippen molar-refractivity contribution in [3.05, 3.63) is 28.2 Å². The van der Waals surface area contributed by atoms with Crippen molar-refractivity contribution in [2.24, 2.45) is 40.7 Å². The van der Waals surface area contributed by atoms with Gasteiger partial charge in [-0.05, 0) is 60.8 Å².